The highest BCUT2D eigenvalue weighted by Crippen LogP contribution is 2.14. The van der Waals surface area contributed by atoms with Crippen LogP contribution in [0.15, 0.2) is 24.3 Å². The molecule has 0 unspecified atom stereocenters. The first kappa shape index (κ1) is 17.0. The van der Waals surface area contributed by atoms with Gasteiger partial charge in [0, 0.05) is 13.1 Å². The van der Waals surface area contributed by atoms with Crippen molar-refractivity contribution in [2.24, 2.45) is 5.92 Å². The second kappa shape index (κ2) is 8.27. The van der Waals surface area contributed by atoms with Crippen molar-refractivity contribution in [3.63, 3.8) is 0 Å². The van der Waals surface area contributed by atoms with Gasteiger partial charge in [0.25, 0.3) is 0 Å². The van der Waals surface area contributed by atoms with E-state index in [4.69, 9.17) is 0 Å². The van der Waals surface area contributed by atoms with Gasteiger partial charge in [0.05, 0.1) is 6.61 Å². The summed E-state index contributed by atoms with van der Waals surface area (Å²) >= 11 is 0. The summed E-state index contributed by atoms with van der Waals surface area (Å²) in [5.74, 6) is 0.629. The zero-order valence-electron chi connectivity index (χ0n) is 12.0. The number of ether oxygens (including phenoxy) is 1. The van der Waals surface area contributed by atoms with Crippen molar-refractivity contribution >= 4 is 0 Å². The van der Waals surface area contributed by atoms with Gasteiger partial charge in [-0.3, -0.25) is 0 Å². The molecule has 20 heavy (non-hydrogen) atoms. The third kappa shape index (κ3) is 8.17. The third-order valence-electron chi connectivity index (χ3n) is 2.68. The van der Waals surface area contributed by atoms with Gasteiger partial charge in [0.2, 0.25) is 0 Å². The average molecular weight is 289 g/mol. The highest BCUT2D eigenvalue weighted by atomic mass is 19.4. The molecule has 0 saturated heterocycles. The molecule has 114 valence electrons. The van der Waals surface area contributed by atoms with Gasteiger partial charge in [-0.05, 0) is 23.5 Å². The lowest BCUT2D eigenvalue weighted by atomic mass is 10.0. The van der Waals surface area contributed by atoms with Gasteiger partial charge in [-0.25, -0.2) is 0 Å². The Bertz CT molecular complexity index is 374. The summed E-state index contributed by atoms with van der Waals surface area (Å²) in [6.07, 6.45) is -3.19. The molecular formula is C15H22F3NO. The minimum absolute atomic E-state index is 0.0605. The molecule has 0 bridgehead atoms. The Labute approximate surface area is 118 Å². The minimum Gasteiger partial charge on any atom is -0.371 e. The van der Waals surface area contributed by atoms with E-state index in [2.05, 4.69) is 36.0 Å². The van der Waals surface area contributed by atoms with E-state index < -0.39 is 12.8 Å². The zero-order valence-corrected chi connectivity index (χ0v) is 12.0. The fraction of sp³-hybridized carbons (Fsp3) is 0.600. The van der Waals surface area contributed by atoms with E-state index in [1.165, 1.54) is 5.56 Å². The molecule has 1 aromatic rings. The van der Waals surface area contributed by atoms with Crippen LogP contribution >= 0.6 is 0 Å². The predicted octanol–water partition coefficient (Wildman–Crippen LogP) is 3.55. The van der Waals surface area contributed by atoms with E-state index >= 15 is 0 Å². The molecule has 2 nitrogen and oxygen atoms in total. The maximum Gasteiger partial charge on any atom is 0.411 e. The summed E-state index contributed by atoms with van der Waals surface area (Å²) < 4.78 is 39.9. The van der Waals surface area contributed by atoms with Gasteiger partial charge < -0.3 is 10.1 Å². The second-order valence-corrected chi connectivity index (χ2v) is 5.26. The Kier molecular flexibility index (Phi) is 7.02. The number of rotatable bonds is 8. The number of hydrogen-bond acceptors (Lipinski definition) is 2. The summed E-state index contributed by atoms with van der Waals surface area (Å²) in [6, 6.07) is 8.27. The van der Waals surface area contributed by atoms with E-state index in [-0.39, 0.29) is 6.61 Å². The number of nitrogens with one attached hydrogen (secondary N) is 1. The molecule has 0 aromatic heterocycles. The van der Waals surface area contributed by atoms with Crippen LogP contribution in [0.4, 0.5) is 13.2 Å². The average Bonchev–Trinajstić information content (AvgIpc) is 2.33. The molecule has 0 radical (unpaired) electrons. The Balaban J connectivity index is 2.16. The lowest BCUT2D eigenvalue weighted by molar-refractivity contribution is -0.173. The summed E-state index contributed by atoms with van der Waals surface area (Å²) in [6.45, 7) is 4.28. The monoisotopic (exact) mass is 289 g/mol. The third-order valence-corrected chi connectivity index (χ3v) is 2.68. The van der Waals surface area contributed by atoms with Gasteiger partial charge in [0.1, 0.15) is 6.61 Å². The number of halogens is 3. The smallest absolute Gasteiger partial charge is 0.371 e. The van der Waals surface area contributed by atoms with Crippen LogP contribution in [0.5, 0.6) is 0 Å². The van der Waals surface area contributed by atoms with E-state index in [0.717, 1.165) is 12.0 Å². The topological polar surface area (TPSA) is 21.3 Å². The van der Waals surface area contributed by atoms with Crippen molar-refractivity contribution in [1.82, 2.24) is 5.32 Å². The molecule has 0 amide bonds. The fourth-order valence-electron chi connectivity index (χ4n) is 1.83. The van der Waals surface area contributed by atoms with Crippen LogP contribution < -0.4 is 5.32 Å². The molecule has 0 aliphatic rings. The van der Waals surface area contributed by atoms with Crippen LogP contribution in [-0.2, 0) is 17.7 Å². The highest BCUT2D eigenvalue weighted by Gasteiger charge is 2.27. The van der Waals surface area contributed by atoms with Gasteiger partial charge in [-0.1, -0.05) is 38.1 Å². The van der Waals surface area contributed by atoms with E-state index in [1.54, 1.807) is 0 Å². The second-order valence-electron chi connectivity index (χ2n) is 5.26. The first-order chi connectivity index (χ1) is 9.37. The highest BCUT2D eigenvalue weighted by molar-refractivity contribution is 5.22. The number of hydrogen-bond donors (Lipinski definition) is 1. The first-order valence-corrected chi connectivity index (χ1v) is 6.80. The predicted molar refractivity (Wildman–Crippen MR) is 73.6 cm³/mol. The quantitative estimate of drug-likeness (QED) is 0.739. The standard InChI is InChI=1S/C15H22F3NO/c1-12(2)9-13-3-5-14(6-4-13)10-19-7-8-20-11-15(16,17)18/h3-6,12,19H,7-11H2,1-2H3. The maximum absolute atomic E-state index is 11.8. The summed E-state index contributed by atoms with van der Waals surface area (Å²) in [7, 11) is 0. The molecule has 0 heterocycles. The molecular weight excluding hydrogens is 267 g/mol. The molecule has 0 atom stereocenters. The number of alkyl halides is 3. The summed E-state index contributed by atoms with van der Waals surface area (Å²) in [4.78, 5) is 0. The van der Waals surface area contributed by atoms with Crippen molar-refractivity contribution in [3.05, 3.63) is 35.4 Å². The van der Waals surface area contributed by atoms with E-state index in [9.17, 15) is 13.2 Å². The van der Waals surface area contributed by atoms with Gasteiger partial charge in [-0.15, -0.1) is 0 Å². The Morgan fingerprint density at radius 3 is 2.25 bits per heavy atom. The van der Waals surface area contributed by atoms with Gasteiger partial charge in [-0.2, -0.15) is 13.2 Å². The lowest BCUT2D eigenvalue weighted by Crippen LogP contribution is -2.23. The van der Waals surface area contributed by atoms with Crippen molar-refractivity contribution in [2.45, 2.75) is 33.0 Å². The molecule has 0 saturated carbocycles. The molecule has 1 N–H and O–H groups in total. The van der Waals surface area contributed by atoms with Crippen LogP contribution in [0.1, 0.15) is 25.0 Å². The van der Waals surface area contributed by atoms with Crippen molar-refractivity contribution in [1.29, 1.82) is 0 Å². The Morgan fingerprint density at radius 1 is 1.10 bits per heavy atom. The molecule has 0 aliphatic heterocycles. The molecule has 1 aromatic carbocycles. The van der Waals surface area contributed by atoms with Crippen LogP contribution in [0.25, 0.3) is 0 Å². The molecule has 0 spiro atoms. The van der Waals surface area contributed by atoms with Crippen LogP contribution in [0, 0.1) is 5.92 Å². The molecule has 0 aliphatic carbocycles. The van der Waals surface area contributed by atoms with Gasteiger partial charge >= 0.3 is 6.18 Å². The molecule has 0 fully saturated rings. The number of benzene rings is 1. The molecule has 5 heteroatoms. The van der Waals surface area contributed by atoms with Crippen LogP contribution in [-0.4, -0.2) is 25.9 Å². The lowest BCUT2D eigenvalue weighted by Gasteiger charge is -2.09. The largest absolute Gasteiger partial charge is 0.411 e. The van der Waals surface area contributed by atoms with Gasteiger partial charge in [0.15, 0.2) is 0 Å². The van der Waals surface area contributed by atoms with Crippen LogP contribution in [0.3, 0.4) is 0 Å². The molecule has 1 rings (SSSR count). The van der Waals surface area contributed by atoms with E-state index in [1.807, 2.05) is 12.1 Å². The summed E-state index contributed by atoms with van der Waals surface area (Å²) in [5, 5.41) is 3.06. The normalized spacial score (nSPS) is 12.1. The Morgan fingerprint density at radius 2 is 1.70 bits per heavy atom. The minimum atomic E-state index is -4.24. The van der Waals surface area contributed by atoms with Crippen molar-refractivity contribution < 1.29 is 17.9 Å². The van der Waals surface area contributed by atoms with Crippen molar-refractivity contribution in [3.8, 4) is 0 Å². The fourth-order valence-corrected chi connectivity index (χ4v) is 1.83. The maximum atomic E-state index is 11.8. The summed E-state index contributed by atoms with van der Waals surface area (Å²) in [5.41, 5.74) is 2.42. The van der Waals surface area contributed by atoms with E-state index in [0.29, 0.717) is 19.0 Å². The Hall–Kier alpha value is -1.07. The zero-order chi connectivity index (χ0) is 15.0. The first-order valence-electron chi connectivity index (χ1n) is 6.80. The van der Waals surface area contributed by atoms with Crippen LogP contribution in [0.2, 0.25) is 0 Å². The SMILES string of the molecule is CC(C)Cc1ccc(CNCCOCC(F)(F)F)cc1. The van der Waals surface area contributed by atoms with Crippen molar-refractivity contribution in [2.75, 3.05) is 19.8 Å².